The Kier molecular flexibility index (Phi) is 2.20. The summed E-state index contributed by atoms with van der Waals surface area (Å²) in [4.78, 5) is 8.39. The third kappa shape index (κ3) is 1.51. The van der Waals surface area contributed by atoms with Crippen LogP contribution in [0.25, 0.3) is 17.0 Å². The van der Waals surface area contributed by atoms with Crippen LogP contribution < -0.4 is 0 Å². The van der Waals surface area contributed by atoms with Gasteiger partial charge in [-0.25, -0.2) is 9.97 Å². The van der Waals surface area contributed by atoms with Gasteiger partial charge in [-0.05, 0) is 34.7 Å². The van der Waals surface area contributed by atoms with Crippen LogP contribution in [0.4, 0.5) is 0 Å². The Hall–Kier alpha value is -1.37. The number of oxazole rings is 1. The Morgan fingerprint density at radius 2 is 2.19 bits per heavy atom. The maximum absolute atomic E-state index is 5.48. The molecule has 0 aromatic carbocycles. The van der Waals surface area contributed by atoms with E-state index in [1.807, 2.05) is 35.9 Å². The molecule has 0 radical (unpaired) electrons. The fourth-order valence-electron chi connectivity index (χ4n) is 1.60. The molecule has 0 unspecified atom stereocenters. The minimum absolute atomic E-state index is 0.674. The van der Waals surface area contributed by atoms with Gasteiger partial charge in [0.05, 0.1) is 12.4 Å². The molecule has 0 bridgehead atoms. The van der Waals surface area contributed by atoms with Crippen LogP contribution in [0.3, 0.4) is 0 Å². The standard InChI is InChI=1S/C11H8IN3O/c1-7-13-5-9(16-7)8-2-3-15-10(12)6-14-11(15)4-8/h2-6H,1H3. The minimum Gasteiger partial charge on any atom is -0.441 e. The zero-order valence-electron chi connectivity index (χ0n) is 8.51. The molecule has 0 spiro atoms. The molecule has 3 rings (SSSR count). The Balaban J connectivity index is 2.18. The third-order valence-electron chi connectivity index (χ3n) is 2.37. The van der Waals surface area contributed by atoms with E-state index in [1.165, 1.54) is 0 Å². The summed E-state index contributed by atoms with van der Waals surface area (Å²) in [6, 6.07) is 3.99. The Labute approximate surface area is 105 Å². The van der Waals surface area contributed by atoms with E-state index in [-0.39, 0.29) is 0 Å². The summed E-state index contributed by atoms with van der Waals surface area (Å²) >= 11 is 2.25. The second-order valence-corrected chi connectivity index (χ2v) is 4.57. The van der Waals surface area contributed by atoms with Crippen LogP contribution in [-0.4, -0.2) is 14.4 Å². The average Bonchev–Trinajstić information content (AvgIpc) is 2.86. The van der Waals surface area contributed by atoms with Crippen LogP contribution in [-0.2, 0) is 0 Å². The van der Waals surface area contributed by atoms with Crippen molar-refractivity contribution in [3.63, 3.8) is 0 Å². The summed E-state index contributed by atoms with van der Waals surface area (Å²) in [5, 5.41) is 0. The number of nitrogens with zero attached hydrogens (tertiary/aromatic N) is 3. The zero-order valence-corrected chi connectivity index (χ0v) is 10.7. The van der Waals surface area contributed by atoms with Crippen LogP contribution in [0.15, 0.2) is 35.1 Å². The SMILES string of the molecule is Cc1ncc(-c2ccn3c(I)cnc3c2)o1. The van der Waals surface area contributed by atoms with Crippen molar-refractivity contribution < 1.29 is 4.42 Å². The molecule has 80 valence electrons. The highest BCUT2D eigenvalue weighted by Gasteiger charge is 2.06. The molecule has 3 heterocycles. The first kappa shape index (κ1) is 9.83. The maximum atomic E-state index is 5.48. The first-order valence-electron chi connectivity index (χ1n) is 4.79. The second-order valence-electron chi connectivity index (χ2n) is 3.47. The molecule has 5 heteroatoms. The number of aryl methyl sites for hydroxylation is 1. The van der Waals surface area contributed by atoms with Gasteiger partial charge in [0.2, 0.25) is 0 Å². The van der Waals surface area contributed by atoms with E-state index in [4.69, 9.17) is 4.42 Å². The molecule has 0 fully saturated rings. The van der Waals surface area contributed by atoms with E-state index in [0.717, 1.165) is 20.7 Å². The van der Waals surface area contributed by atoms with Gasteiger partial charge >= 0.3 is 0 Å². The van der Waals surface area contributed by atoms with Gasteiger partial charge in [-0.15, -0.1) is 0 Å². The van der Waals surface area contributed by atoms with Crippen molar-refractivity contribution in [3.05, 3.63) is 40.3 Å². The Morgan fingerprint density at radius 1 is 1.31 bits per heavy atom. The Bertz CT molecular complexity index is 656. The summed E-state index contributed by atoms with van der Waals surface area (Å²) in [5.74, 6) is 1.45. The lowest BCUT2D eigenvalue weighted by Crippen LogP contribution is -1.86. The molecule has 0 saturated heterocycles. The average molecular weight is 325 g/mol. The first-order valence-corrected chi connectivity index (χ1v) is 5.87. The smallest absolute Gasteiger partial charge is 0.191 e. The molecule has 3 aromatic heterocycles. The number of hydrogen-bond donors (Lipinski definition) is 0. The molecule has 0 atom stereocenters. The van der Waals surface area contributed by atoms with Crippen LogP contribution >= 0.6 is 22.6 Å². The number of aromatic nitrogens is 3. The number of imidazole rings is 1. The van der Waals surface area contributed by atoms with E-state index in [1.54, 1.807) is 6.20 Å². The van der Waals surface area contributed by atoms with Crippen molar-refractivity contribution in [2.45, 2.75) is 6.92 Å². The lowest BCUT2D eigenvalue weighted by Gasteiger charge is -1.98. The lowest BCUT2D eigenvalue weighted by molar-refractivity contribution is 0.534. The molecule has 0 saturated carbocycles. The minimum atomic E-state index is 0.674. The van der Waals surface area contributed by atoms with Crippen LogP contribution in [0, 0.1) is 10.6 Å². The molecule has 0 aliphatic heterocycles. The number of hydrogen-bond acceptors (Lipinski definition) is 3. The summed E-state index contributed by atoms with van der Waals surface area (Å²) < 4.78 is 8.59. The van der Waals surface area contributed by atoms with Crippen LogP contribution in [0.1, 0.15) is 5.89 Å². The zero-order chi connectivity index (χ0) is 11.1. The number of halogens is 1. The summed E-state index contributed by atoms with van der Waals surface area (Å²) in [5.41, 5.74) is 1.91. The largest absolute Gasteiger partial charge is 0.441 e. The molecular formula is C11H8IN3O. The molecule has 3 aromatic rings. The van der Waals surface area contributed by atoms with Crippen molar-refractivity contribution in [1.82, 2.24) is 14.4 Å². The van der Waals surface area contributed by atoms with Gasteiger partial charge in [0.25, 0.3) is 0 Å². The molecule has 0 amide bonds. The molecule has 0 aliphatic rings. The van der Waals surface area contributed by atoms with Crippen molar-refractivity contribution in [2.75, 3.05) is 0 Å². The highest BCUT2D eigenvalue weighted by molar-refractivity contribution is 14.1. The molecule has 0 N–H and O–H groups in total. The highest BCUT2D eigenvalue weighted by Crippen LogP contribution is 2.22. The van der Waals surface area contributed by atoms with Crippen molar-refractivity contribution in [2.24, 2.45) is 0 Å². The fourth-order valence-corrected chi connectivity index (χ4v) is 2.14. The second kappa shape index (κ2) is 3.58. The normalized spacial score (nSPS) is 11.1. The predicted octanol–water partition coefficient (Wildman–Crippen LogP) is 2.90. The van der Waals surface area contributed by atoms with E-state index in [9.17, 15) is 0 Å². The quantitative estimate of drug-likeness (QED) is 0.646. The van der Waals surface area contributed by atoms with Crippen molar-refractivity contribution >= 4 is 28.2 Å². The monoisotopic (exact) mass is 325 g/mol. The number of rotatable bonds is 1. The Morgan fingerprint density at radius 3 is 2.94 bits per heavy atom. The summed E-state index contributed by atoms with van der Waals surface area (Å²) in [6.07, 6.45) is 5.55. The van der Waals surface area contributed by atoms with E-state index >= 15 is 0 Å². The third-order valence-corrected chi connectivity index (χ3v) is 3.17. The summed E-state index contributed by atoms with van der Waals surface area (Å²) in [6.45, 7) is 1.83. The van der Waals surface area contributed by atoms with E-state index in [0.29, 0.717) is 5.89 Å². The highest BCUT2D eigenvalue weighted by atomic mass is 127. The molecule has 0 aliphatic carbocycles. The van der Waals surface area contributed by atoms with Crippen LogP contribution in [0.5, 0.6) is 0 Å². The number of fused-ring (bicyclic) bond motifs is 1. The molecule has 4 nitrogen and oxygen atoms in total. The van der Waals surface area contributed by atoms with Crippen LogP contribution in [0.2, 0.25) is 0 Å². The van der Waals surface area contributed by atoms with Gasteiger partial charge in [-0.2, -0.15) is 0 Å². The van der Waals surface area contributed by atoms with Crippen molar-refractivity contribution in [1.29, 1.82) is 0 Å². The van der Waals surface area contributed by atoms with E-state index in [2.05, 4.69) is 32.6 Å². The molecular weight excluding hydrogens is 317 g/mol. The summed E-state index contributed by atoms with van der Waals surface area (Å²) in [7, 11) is 0. The lowest BCUT2D eigenvalue weighted by atomic mass is 10.2. The van der Waals surface area contributed by atoms with Gasteiger partial charge in [0.15, 0.2) is 11.7 Å². The van der Waals surface area contributed by atoms with Gasteiger partial charge in [0.1, 0.15) is 9.35 Å². The van der Waals surface area contributed by atoms with Gasteiger partial charge in [-0.3, -0.25) is 4.40 Å². The van der Waals surface area contributed by atoms with Gasteiger partial charge in [0, 0.05) is 18.7 Å². The van der Waals surface area contributed by atoms with Gasteiger partial charge in [-0.1, -0.05) is 0 Å². The topological polar surface area (TPSA) is 43.3 Å². The maximum Gasteiger partial charge on any atom is 0.191 e. The predicted molar refractivity (Wildman–Crippen MR) is 68.1 cm³/mol. The van der Waals surface area contributed by atoms with Gasteiger partial charge < -0.3 is 4.42 Å². The number of pyridine rings is 1. The molecule has 16 heavy (non-hydrogen) atoms. The van der Waals surface area contributed by atoms with E-state index < -0.39 is 0 Å². The van der Waals surface area contributed by atoms with Crippen molar-refractivity contribution in [3.8, 4) is 11.3 Å². The fraction of sp³-hybridized carbons (Fsp3) is 0.0909. The first-order chi connectivity index (χ1) is 7.74.